The summed E-state index contributed by atoms with van der Waals surface area (Å²) < 4.78 is 2.11. The summed E-state index contributed by atoms with van der Waals surface area (Å²) in [5, 5.41) is 18.0. The number of amides is 1. The number of hydrogen-bond acceptors (Lipinski definition) is 5. The lowest BCUT2D eigenvalue weighted by Gasteiger charge is -2.19. The normalized spacial score (nSPS) is 13.6. The zero-order chi connectivity index (χ0) is 16.2. The number of rotatable bonds is 6. The number of para-hydroxylation sites is 1. The van der Waals surface area contributed by atoms with Crippen molar-refractivity contribution in [2.75, 3.05) is 17.2 Å². The van der Waals surface area contributed by atoms with E-state index in [2.05, 4.69) is 20.8 Å². The van der Waals surface area contributed by atoms with Gasteiger partial charge in [-0.2, -0.15) is 5.26 Å². The van der Waals surface area contributed by atoms with E-state index in [4.69, 9.17) is 5.26 Å². The van der Waals surface area contributed by atoms with Crippen LogP contribution in [-0.2, 0) is 4.79 Å². The third kappa shape index (κ3) is 3.54. The van der Waals surface area contributed by atoms with Crippen molar-refractivity contribution in [3.63, 3.8) is 0 Å². The van der Waals surface area contributed by atoms with Crippen LogP contribution in [-0.4, -0.2) is 33.0 Å². The maximum atomic E-state index is 12.5. The zero-order valence-electron chi connectivity index (χ0n) is 12.8. The van der Waals surface area contributed by atoms with Crippen molar-refractivity contribution >= 4 is 23.4 Å². The molecule has 1 aromatic heterocycles. The van der Waals surface area contributed by atoms with Crippen molar-refractivity contribution in [3.8, 4) is 6.07 Å². The van der Waals surface area contributed by atoms with E-state index in [1.165, 1.54) is 16.7 Å². The second kappa shape index (κ2) is 6.84. The van der Waals surface area contributed by atoms with E-state index in [9.17, 15) is 4.79 Å². The minimum absolute atomic E-state index is 0.0394. The van der Waals surface area contributed by atoms with Crippen LogP contribution in [0.15, 0.2) is 35.5 Å². The van der Waals surface area contributed by atoms with Gasteiger partial charge in [0.1, 0.15) is 12.4 Å². The number of carbonyl (C=O) groups is 1. The first-order chi connectivity index (χ1) is 11.2. The van der Waals surface area contributed by atoms with Crippen LogP contribution in [0.1, 0.15) is 24.7 Å². The number of nitrogens with zero attached hydrogens (tertiary/aromatic N) is 5. The lowest BCUT2D eigenvalue weighted by atomic mass is 10.3. The third-order valence-electron chi connectivity index (χ3n) is 3.67. The van der Waals surface area contributed by atoms with Gasteiger partial charge in [0.15, 0.2) is 5.16 Å². The van der Waals surface area contributed by atoms with Crippen molar-refractivity contribution in [3.05, 3.63) is 36.2 Å². The summed E-state index contributed by atoms with van der Waals surface area (Å²) in [5.41, 5.74) is 0.736. The van der Waals surface area contributed by atoms with Gasteiger partial charge in [0.2, 0.25) is 5.91 Å². The Balaban J connectivity index is 1.69. The molecule has 23 heavy (non-hydrogen) atoms. The van der Waals surface area contributed by atoms with Gasteiger partial charge in [0.25, 0.3) is 0 Å². The molecule has 1 aliphatic rings. The van der Waals surface area contributed by atoms with Crippen molar-refractivity contribution in [1.29, 1.82) is 5.26 Å². The molecule has 118 valence electrons. The summed E-state index contributed by atoms with van der Waals surface area (Å²) in [6, 6.07) is 11.8. The number of carbonyl (C=O) groups excluding carboxylic acids is 1. The zero-order valence-corrected chi connectivity index (χ0v) is 13.7. The van der Waals surface area contributed by atoms with E-state index in [1.54, 1.807) is 0 Å². The van der Waals surface area contributed by atoms with E-state index in [0.717, 1.165) is 29.5 Å². The molecule has 1 fully saturated rings. The van der Waals surface area contributed by atoms with E-state index >= 15 is 0 Å². The highest BCUT2D eigenvalue weighted by atomic mass is 32.2. The Morgan fingerprint density at radius 1 is 1.39 bits per heavy atom. The van der Waals surface area contributed by atoms with E-state index in [0.29, 0.717) is 6.04 Å². The van der Waals surface area contributed by atoms with E-state index < -0.39 is 0 Å². The molecule has 0 bridgehead atoms. The highest BCUT2D eigenvalue weighted by molar-refractivity contribution is 7.99. The predicted molar refractivity (Wildman–Crippen MR) is 88.2 cm³/mol. The molecule has 1 heterocycles. The highest BCUT2D eigenvalue weighted by Crippen LogP contribution is 2.38. The van der Waals surface area contributed by atoms with Crippen LogP contribution in [0.2, 0.25) is 0 Å². The Morgan fingerprint density at radius 3 is 2.78 bits per heavy atom. The van der Waals surface area contributed by atoms with Crippen LogP contribution in [0.5, 0.6) is 0 Å². The molecule has 0 saturated heterocycles. The Bertz CT molecular complexity index is 733. The fraction of sp³-hybridized carbons (Fsp3) is 0.375. The lowest BCUT2D eigenvalue weighted by Crippen LogP contribution is -2.32. The Labute approximate surface area is 139 Å². The second-order valence-electron chi connectivity index (χ2n) is 5.39. The Morgan fingerprint density at radius 2 is 2.13 bits per heavy atom. The molecule has 0 aliphatic heterocycles. The van der Waals surface area contributed by atoms with Gasteiger partial charge >= 0.3 is 0 Å². The van der Waals surface area contributed by atoms with Gasteiger partial charge in [-0.1, -0.05) is 30.0 Å². The summed E-state index contributed by atoms with van der Waals surface area (Å²) in [7, 11) is 0. The highest BCUT2D eigenvalue weighted by Gasteiger charge is 2.28. The smallest absolute Gasteiger partial charge is 0.238 e. The summed E-state index contributed by atoms with van der Waals surface area (Å²) in [6.45, 7) is 1.97. The topological polar surface area (TPSA) is 74.8 Å². The molecule has 0 radical (unpaired) electrons. The largest absolute Gasteiger partial charge is 0.303 e. The van der Waals surface area contributed by atoms with E-state index in [-0.39, 0.29) is 18.2 Å². The second-order valence-corrected chi connectivity index (χ2v) is 6.34. The van der Waals surface area contributed by atoms with Crippen LogP contribution >= 0.6 is 11.8 Å². The quantitative estimate of drug-likeness (QED) is 0.602. The van der Waals surface area contributed by atoms with Crippen molar-refractivity contribution in [2.45, 2.75) is 31.0 Å². The van der Waals surface area contributed by atoms with Gasteiger partial charge in [-0.05, 0) is 31.9 Å². The van der Waals surface area contributed by atoms with Gasteiger partial charge in [0.05, 0.1) is 11.8 Å². The molecule has 0 N–H and O–H groups in total. The monoisotopic (exact) mass is 327 g/mol. The molecule has 0 spiro atoms. The van der Waals surface area contributed by atoms with Crippen LogP contribution in [0.25, 0.3) is 0 Å². The Hall–Kier alpha value is -2.33. The van der Waals surface area contributed by atoms with Gasteiger partial charge < -0.3 is 4.57 Å². The SMILES string of the molecule is Cc1nnc(SCC(=O)N(CC#N)c2ccccc2)n1C1CC1. The standard InChI is InChI=1S/C16H17N5OS/c1-12-18-19-16(21(12)14-7-8-14)23-11-15(22)20(10-9-17)13-5-3-2-4-6-13/h2-6,14H,7-8,10-11H2,1H3. The average molecular weight is 327 g/mol. The van der Waals surface area contributed by atoms with Gasteiger partial charge in [0, 0.05) is 11.7 Å². The van der Waals surface area contributed by atoms with Gasteiger partial charge in [-0.3, -0.25) is 9.69 Å². The van der Waals surface area contributed by atoms with E-state index in [1.807, 2.05) is 37.3 Å². The average Bonchev–Trinajstić information content (AvgIpc) is 3.34. The summed E-state index contributed by atoms with van der Waals surface area (Å²) in [5.74, 6) is 1.02. The molecule has 1 saturated carbocycles. The first-order valence-electron chi connectivity index (χ1n) is 7.47. The summed E-state index contributed by atoms with van der Waals surface area (Å²) in [6.07, 6.45) is 2.29. The van der Waals surface area contributed by atoms with Crippen LogP contribution in [0, 0.1) is 18.3 Å². The van der Waals surface area contributed by atoms with Crippen LogP contribution < -0.4 is 4.90 Å². The van der Waals surface area contributed by atoms with Crippen LogP contribution in [0.3, 0.4) is 0 Å². The molecule has 7 heteroatoms. The molecular weight excluding hydrogens is 310 g/mol. The number of aromatic nitrogens is 3. The minimum Gasteiger partial charge on any atom is -0.303 e. The molecule has 0 unspecified atom stereocenters. The maximum Gasteiger partial charge on any atom is 0.238 e. The molecular formula is C16H17N5OS. The number of nitriles is 1. The van der Waals surface area contributed by atoms with Crippen molar-refractivity contribution < 1.29 is 4.79 Å². The number of thioether (sulfide) groups is 1. The third-order valence-corrected chi connectivity index (χ3v) is 4.60. The van der Waals surface area contributed by atoms with Gasteiger partial charge in [-0.15, -0.1) is 10.2 Å². The molecule has 0 atom stereocenters. The fourth-order valence-corrected chi connectivity index (χ4v) is 3.34. The number of aryl methyl sites for hydroxylation is 1. The minimum atomic E-state index is -0.106. The molecule has 1 aliphatic carbocycles. The lowest BCUT2D eigenvalue weighted by molar-refractivity contribution is -0.116. The predicted octanol–water partition coefficient (Wildman–Crippen LogP) is 2.57. The summed E-state index contributed by atoms with van der Waals surface area (Å²) in [4.78, 5) is 14.0. The molecule has 6 nitrogen and oxygen atoms in total. The first-order valence-corrected chi connectivity index (χ1v) is 8.46. The fourth-order valence-electron chi connectivity index (χ4n) is 2.41. The van der Waals surface area contributed by atoms with Crippen molar-refractivity contribution in [1.82, 2.24) is 14.8 Å². The molecule has 1 amide bonds. The maximum absolute atomic E-state index is 12.5. The number of anilines is 1. The number of benzene rings is 1. The molecule has 1 aromatic carbocycles. The molecule has 2 aromatic rings. The Kier molecular flexibility index (Phi) is 4.63. The summed E-state index contributed by atoms with van der Waals surface area (Å²) >= 11 is 1.38. The molecule has 3 rings (SSSR count). The van der Waals surface area contributed by atoms with Crippen LogP contribution in [0.4, 0.5) is 5.69 Å². The van der Waals surface area contributed by atoms with Crippen molar-refractivity contribution in [2.24, 2.45) is 0 Å². The van der Waals surface area contributed by atoms with Gasteiger partial charge in [-0.25, -0.2) is 0 Å². The first kappa shape index (κ1) is 15.6. The number of hydrogen-bond donors (Lipinski definition) is 0.